The van der Waals surface area contributed by atoms with Crippen LogP contribution in [0.3, 0.4) is 0 Å². The van der Waals surface area contributed by atoms with Crippen LogP contribution in [0.1, 0.15) is 45.2 Å². The lowest BCUT2D eigenvalue weighted by Gasteiger charge is -2.26. The second-order valence-electron chi connectivity index (χ2n) is 8.43. The van der Waals surface area contributed by atoms with E-state index in [9.17, 15) is 29.1 Å². The van der Waals surface area contributed by atoms with E-state index < -0.39 is 66.2 Å². The Morgan fingerprint density at radius 3 is 2.19 bits per heavy atom. The normalized spacial score (nSPS) is 15.1. The first kappa shape index (κ1) is 30.9. The van der Waals surface area contributed by atoms with Gasteiger partial charge in [0.15, 0.2) is 0 Å². The van der Waals surface area contributed by atoms with Gasteiger partial charge in [-0.3, -0.25) is 19.2 Å². The molecule has 1 aromatic heterocycles. The van der Waals surface area contributed by atoms with Gasteiger partial charge in [0.1, 0.15) is 18.1 Å². The maximum Gasteiger partial charge on any atom is 0.326 e. The van der Waals surface area contributed by atoms with Gasteiger partial charge in [0.25, 0.3) is 0 Å². The monoisotopic (exact) mass is 528 g/mol. The number of carboxylic acid groups (broad SMARTS) is 2. The van der Waals surface area contributed by atoms with Gasteiger partial charge in [-0.25, -0.2) is 9.78 Å². The second kappa shape index (κ2) is 15.8. The lowest BCUT2D eigenvalue weighted by molar-refractivity contribution is -0.144. The van der Waals surface area contributed by atoms with Crippen LogP contribution in [0.25, 0.3) is 0 Å². The summed E-state index contributed by atoms with van der Waals surface area (Å²) in [6.07, 6.45) is 4.98. The molecule has 5 unspecified atom stereocenters. The van der Waals surface area contributed by atoms with Crippen LogP contribution in [0.4, 0.5) is 0 Å². The minimum Gasteiger partial charge on any atom is -0.481 e. The molecule has 0 fully saturated rings. The van der Waals surface area contributed by atoms with Crippen molar-refractivity contribution in [3.05, 3.63) is 18.2 Å². The van der Waals surface area contributed by atoms with E-state index in [1.54, 1.807) is 13.8 Å². The SMILES string of the molecule is CCC(C)C(NC(=O)C(CCC(=O)O)NC(=O)C(CCSC)NC(=O)C(N)Cc1cnc[nH]1)C(=O)O. The third kappa shape index (κ3) is 10.6. The summed E-state index contributed by atoms with van der Waals surface area (Å²) in [6.45, 7) is 3.43. The molecule has 1 heterocycles. The molecule has 0 aliphatic rings. The minimum atomic E-state index is -1.31. The number of H-pyrrole nitrogens is 1. The zero-order valence-corrected chi connectivity index (χ0v) is 21.5. The van der Waals surface area contributed by atoms with Gasteiger partial charge in [0.05, 0.1) is 12.4 Å². The summed E-state index contributed by atoms with van der Waals surface area (Å²) in [7, 11) is 0. The Morgan fingerprint density at radius 1 is 1.06 bits per heavy atom. The third-order valence-electron chi connectivity index (χ3n) is 5.63. The number of imidazole rings is 1. The molecule has 0 spiro atoms. The maximum atomic E-state index is 13.1. The highest BCUT2D eigenvalue weighted by Crippen LogP contribution is 2.10. The van der Waals surface area contributed by atoms with E-state index >= 15 is 0 Å². The summed E-state index contributed by atoms with van der Waals surface area (Å²) in [5.74, 6) is -4.41. The van der Waals surface area contributed by atoms with Crippen molar-refractivity contribution in [2.45, 2.75) is 70.1 Å². The fraction of sp³-hybridized carbons (Fsp3) is 0.636. The zero-order chi connectivity index (χ0) is 27.3. The molecule has 0 aliphatic heterocycles. The minimum absolute atomic E-state index is 0.165. The highest BCUT2D eigenvalue weighted by Gasteiger charge is 2.32. The number of nitrogens with zero attached hydrogens (tertiary/aromatic N) is 1. The van der Waals surface area contributed by atoms with Crippen LogP contribution in [0.5, 0.6) is 0 Å². The van der Waals surface area contributed by atoms with Gasteiger partial charge in [-0.15, -0.1) is 0 Å². The van der Waals surface area contributed by atoms with E-state index in [1.807, 2.05) is 6.26 Å². The Morgan fingerprint density at radius 2 is 1.67 bits per heavy atom. The number of carbonyl (C=O) groups is 5. The molecule has 0 saturated heterocycles. The smallest absolute Gasteiger partial charge is 0.326 e. The van der Waals surface area contributed by atoms with Gasteiger partial charge in [-0.05, 0) is 30.8 Å². The molecule has 0 aromatic carbocycles. The summed E-state index contributed by atoms with van der Waals surface area (Å²) >= 11 is 1.45. The van der Waals surface area contributed by atoms with Crippen LogP contribution in [-0.2, 0) is 30.4 Å². The number of nitrogens with two attached hydrogens (primary N) is 1. The fourth-order valence-corrected chi connectivity index (χ4v) is 3.73. The molecule has 0 saturated carbocycles. The predicted molar refractivity (Wildman–Crippen MR) is 133 cm³/mol. The standard InChI is InChI=1S/C22H36N6O7S/c1-4-12(2)18(22(34)35)28-21(33)15(5-6-17(29)30)27-20(32)16(7-8-36-3)26-19(31)14(23)9-13-10-24-11-25-13/h10-12,14-16,18H,4-9,23H2,1-3H3,(H,24,25)(H,26,31)(H,27,32)(H,28,33)(H,29,30)(H,34,35). The molecule has 0 bridgehead atoms. The number of nitrogens with one attached hydrogen (secondary N) is 4. The summed E-state index contributed by atoms with van der Waals surface area (Å²) in [5.41, 5.74) is 6.60. The molecule has 202 valence electrons. The molecule has 0 radical (unpaired) electrons. The third-order valence-corrected chi connectivity index (χ3v) is 6.28. The van der Waals surface area contributed by atoms with Crippen molar-refractivity contribution < 1.29 is 34.2 Å². The molecule has 8 N–H and O–H groups in total. The molecular weight excluding hydrogens is 492 g/mol. The summed E-state index contributed by atoms with van der Waals surface area (Å²) in [4.78, 5) is 68.0. The highest BCUT2D eigenvalue weighted by molar-refractivity contribution is 7.98. The van der Waals surface area contributed by atoms with Crippen LogP contribution >= 0.6 is 11.8 Å². The Labute approximate surface area is 213 Å². The first-order valence-corrected chi connectivity index (χ1v) is 13.0. The van der Waals surface area contributed by atoms with Crippen molar-refractivity contribution in [2.24, 2.45) is 11.7 Å². The van der Waals surface area contributed by atoms with Crippen molar-refractivity contribution in [3.63, 3.8) is 0 Å². The topological polar surface area (TPSA) is 217 Å². The van der Waals surface area contributed by atoms with Crippen LogP contribution in [-0.4, -0.2) is 86.0 Å². The van der Waals surface area contributed by atoms with Crippen molar-refractivity contribution in [1.29, 1.82) is 0 Å². The Kier molecular flexibility index (Phi) is 13.5. The predicted octanol–water partition coefficient (Wildman–Crippen LogP) is -0.517. The second-order valence-corrected chi connectivity index (χ2v) is 9.42. The van der Waals surface area contributed by atoms with Crippen molar-refractivity contribution in [1.82, 2.24) is 25.9 Å². The van der Waals surface area contributed by atoms with E-state index in [1.165, 1.54) is 24.3 Å². The Balaban J connectivity index is 2.97. The number of rotatable bonds is 17. The number of amides is 3. The first-order valence-electron chi connectivity index (χ1n) is 11.6. The largest absolute Gasteiger partial charge is 0.481 e. The van der Waals surface area contributed by atoms with Gasteiger partial charge in [-0.2, -0.15) is 11.8 Å². The number of aromatic amines is 1. The van der Waals surface area contributed by atoms with E-state index in [-0.39, 0.29) is 19.3 Å². The van der Waals surface area contributed by atoms with E-state index in [0.29, 0.717) is 17.9 Å². The van der Waals surface area contributed by atoms with Crippen molar-refractivity contribution in [2.75, 3.05) is 12.0 Å². The fourth-order valence-electron chi connectivity index (χ4n) is 3.26. The zero-order valence-electron chi connectivity index (χ0n) is 20.7. The summed E-state index contributed by atoms with van der Waals surface area (Å²) in [5, 5.41) is 26.0. The van der Waals surface area contributed by atoms with E-state index in [0.717, 1.165) is 0 Å². The van der Waals surface area contributed by atoms with Gasteiger partial charge in [-0.1, -0.05) is 20.3 Å². The summed E-state index contributed by atoms with van der Waals surface area (Å²) < 4.78 is 0. The maximum absolute atomic E-state index is 13.1. The van der Waals surface area contributed by atoms with Crippen LogP contribution in [0, 0.1) is 5.92 Å². The van der Waals surface area contributed by atoms with Crippen molar-refractivity contribution >= 4 is 41.4 Å². The quantitative estimate of drug-likeness (QED) is 0.137. The molecule has 5 atom stereocenters. The molecule has 36 heavy (non-hydrogen) atoms. The molecule has 3 amide bonds. The van der Waals surface area contributed by atoms with E-state index in [4.69, 9.17) is 10.8 Å². The molecule has 14 heteroatoms. The number of aromatic nitrogens is 2. The Bertz CT molecular complexity index is 882. The molecule has 0 aliphatic carbocycles. The van der Waals surface area contributed by atoms with E-state index in [2.05, 4.69) is 25.9 Å². The highest BCUT2D eigenvalue weighted by atomic mass is 32.2. The number of hydrogen-bond acceptors (Lipinski definition) is 8. The Hall–Kier alpha value is -3.13. The molecule has 13 nitrogen and oxygen atoms in total. The van der Waals surface area contributed by atoms with Gasteiger partial charge in [0, 0.05) is 24.7 Å². The number of aliphatic carboxylic acids is 2. The molecule has 1 aromatic rings. The average molecular weight is 529 g/mol. The van der Waals surface area contributed by atoms with Crippen LogP contribution in [0.2, 0.25) is 0 Å². The molecule has 1 rings (SSSR count). The van der Waals surface area contributed by atoms with Gasteiger partial charge < -0.3 is 36.9 Å². The number of carbonyl (C=O) groups excluding carboxylic acids is 3. The first-order chi connectivity index (χ1) is 17.0. The number of hydrogen-bond donors (Lipinski definition) is 7. The van der Waals surface area contributed by atoms with Crippen LogP contribution in [0.15, 0.2) is 12.5 Å². The van der Waals surface area contributed by atoms with Crippen LogP contribution < -0.4 is 21.7 Å². The lowest BCUT2D eigenvalue weighted by atomic mass is 9.98. The number of thioether (sulfide) groups is 1. The van der Waals surface area contributed by atoms with Gasteiger partial charge >= 0.3 is 11.9 Å². The number of carboxylic acids is 2. The summed E-state index contributed by atoms with van der Waals surface area (Å²) in [6, 6.07) is -4.53. The van der Waals surface area contributed by atoms with Gasteiger partial charge in [0.2, 0.25) is 17.7 Å². The average Bonchev–Trinajstić information content (AvgIpc) is 3.34. The molecular formula is C22H36N6O7S. The van der Waals surface area contributed by atoms with Crippen molar-refractivity contribution in [3.8, 4) is 0 Å². The lowest BCUT2D eigenvalue weighted by Crippen LogP contribution is -2.58.